The smallest absolute Gasteiger partial charge is 0.335 e. The van der Waals surface area contributed by atoms with Gasteiger partial charge in [0.15, 0.2) is 0 Å². The van der Waals surface area contributed by atoms with Crippen LogP contribution in [0, 0.1) is 0 Å². The van der Waals surface area contributed by atoms with Crippen LogP contribution in [0.25, 0.3) is 0 Å². The highest BCUT2D eigenvalue weighted by Gasteiger charge is 2.18. The van der Waals surface area contributed by atoms with Crippen molar-refractivity contribution >= 4 is 24.2 Å². The number of allylic oxidation sites excluding steroid dienone is 1. The molecule has 0 aliphatic carbocycles. The lowest BCUT2D eigenvalue weighted by molar-refractivity contribution is -0.197. The summed E-state index contributed by atoms with van der Waals surface area (Å²) >= 11 is 0. The van der Waals surface area contributed by atoms with Crippen LogP contribution in [-0.4, -0.2) is 199 Å². The van der Waals surface area contributed by atoms with Crippen LogP contribution in [-0.2, 0) is 80.9 Å². The lowest BCUT2D eigenvalue weighted by Crippen LogP contribution is -2.32. The summed E-state index contributed by atoms with van der Waals surface area (Å²) in [7, 11) is 0. The molecule has 0 aromatic carbocycles. The summed E-state index contributed by atoms with van der Waals surface area (Å²) in [5, 5.41) is 0.409. The van der Waals surface area contributed by atoms with Gasteiger partial charge in [0, 0.05) is 24.7 Å². The summed E-state index contributed by atoms with van der Waals surface area (Å²) in [4.78, 5) is 52.0. The average Bonchev–Trinajstić information content (AvgIpc) is 3.55. The fourth-order valence-electron chi connectivity index (χ4n) is 4.19. The highest BCUT2D eigenvalue weighted by molar-refractivity contribution is 5.93. The molecule has 0 fully saturated rings. The van der Waals surface area contributed by atoms with Crippen molar-refractivity contribution in [1.82, 2.24) is 9.96 Å². The number of amides is 3. The number of imide groups is 1. The third kappa shape index (κ3) is 35.1. The molecule has 19 nitrogen and oxygen atoms in total. The van der Waals surface area contributed by atoms with Gasteiger partial charge >= 0.3 is 5.97 Å². The highest BCUT2D eigenvalue weighted by Crippen LogP contribution is 2.11. The first-order chi connectivity index (χ1) is 28.5. The van der Waals surface area contributed by atoms with Crippen molar-refractivity contribution in [1.29, 1.82) is 0 Å². The minimum Gasteiger partial charge on any atom is -0.378 e. The predicted octanol–water partition coefficient (Wildman–Crippen LogP) is 1.76. The molecule has 1 aliphatic rings. The Kier molecular flexibility index (Phi) is 41.5. The number of hydrogen-bond donors (Lipinski definition) is 0. The minimum atomic E-state index is -0.732. The number of hydrogen-bond acceptors (Lipinski definition) is 17. The van der Waals surface area contributed by atoms with E-state index in [1.54, 1.807) is 17.9 Å². The minimum absolute atomic E-state index is 0.0657. The molecule has 0 saturated carbocycles. The Balaban J connectivity index is 0.0000160. The third-order valence-corrected chi connectivity index (χ3v) is 7.04. The third-order valence-electron chi connectivity index (χ3n) is 7.04. The van der Waals surface area contributed by atoms with Crippen LogP contribution in [0.15, 0.2) is 24.4 Å². The van der Waals surface area contributed by atoms with E-state index in [2.05, 4.69) is 6.58 Å². The predicted molar refractivity (Wildman–Crippen MR) is 210 cm³/mol. The molecule has 338 valence electrons. The van der Waals surface area contributed by atoms with Gasteiger partial charge in [0.05, 0.1) is 165 Å². The van der Waals surface area contributed by atoms with Crippen LogP contribution in [0.2, 0.25) is 0 Å². The number of carbonyl (C=O) groups excluding carboxylic acids is 4. The van der Waals surface area contributed by atoms with E-state index < -0.39 is 11.9 Å². The maximum absolute atomic E-state index is 11.7. The Morgan fingerprint density at radius 2 is 0.845 bits per heavy atom. The van der Waals surface area contributed by atoms with Gasteiger partial charge in [-0.2, -0.15) is 0 Å². The molecule has 58 heavy (non-hydrogen) atoms. The molecular formula is C39H70N2O17. The van der Waals surface area contributed by atoms with E-state index in [4.69, 9.17) is 61.7 Å². The zero-order valence-corrected chi connectivity index (χ0v) is 35.1. The first-order valence-electron chi connectivity index (χ1n) is 20.1. The van der Waals surface area contributed by atoms with Crippen LogP contribution in [0.1, 0.15) is 40.0 Å². The molecule has 3 amide bonds. The first-order valence-corrected chi connectivity index (χ1v) is 20.1. The highest BCUT2D eigenvalue weighted by atomic mass is 16.7. The van der Waals surface area contributed by atoms with Crippen LogP contribution in [0.5, 0.6) is 0 Å². The van der Waals surface area contributed by atoms with Crippen molar-refractivity contribution in [2.24, 2.45) is 0 Å². The summed E-state index contributed by atoms with van der Waals surface area (Å²) in [6.45, 7) is 20.3. The molecule has 1 heterocycles. The van der Waals surface area contributed by atoms with Crippen molar-refractivity contribution in [2.45, 2.75) is 40.0 Å². The molecule has 0 atom stereocenters. The number of rotatable bonds is 42. The number of carbonyl (C=O) groups is 4. The molecule has 0 aromatic heterocycles. The van der Waals surface area contributed by atoms with E-state index in [-0.39, 0.29) is 38.4 Å². The van der Waals surface area contributed by atoms with Crippen molar-refractivity contribution in [3.05, 3.63) is 24.4 Å². The van der Waals surface area contributed by atoms with Gasteiger partial charge in [-0.3, -0.25) is 14.4 Å². The molecule has 1 rings (SSSR count). The zero-order chi connectivity index (χ0) is 42.6. The molecule has 0 radical (unpaired) electrons. The Labute approximate surface area is 344 Å². The average molecular weight is 839 g/mol. The van der Waals surface area contributed by atoms with Crippen molar-refractivity contribution in [2.75, 3.05) is 165 Å². The van der Waals surface area contributed by atoms with Crippen LogP contribution >= 0.6 is 0 Å². The molecular weight excluding hydrogens is 768 g/mol. The summed E-state index contributed by atoms with van der Waals surface area (Å²) < 4.78 is 65.3. The van der Waals surface area contributed by atoms with Gasteiger partial charge in [0.25, 0.3) is 18.2 Å². The van der Waals surface area contributed by atoms with Gasteiger partial charge < -0.3 is 66.6 Å². The topological polar surface area (TPSA) is 195 Å². The summed E-state index contributed by atoms with van der Waals surface area (Å²) in [5.41, 5.74) is 0.684. The molecule has 0 bridgehead atoms. The normalized spacial score (nSPS) is 12.2. The summed E-state index contributed by atoms with van der Waals surface area (Å²) in [5.74, 6) is -1.37. The van der Waals surface area contributed by atoms with Crippen LogP contribution < -0.4 is 0 Å². The van der Waals surface area contributed by atoms with Gasteiger partial charge in [0.2, 0.25) is 0 Å². The number of ether oxygens (including phenoxy) is 12. The largest absolute Gasteiger partial charge is 0.378 e. The second-order valence-electron chi connectivity index (χ2n) is 11.5. The standard InChI is InChI=1S/C37H64N2O17.C2H6/c1-3-4-36(42)39(33-40)56-37(43)7-9-44-11-13-46-15-17-48-19-21-50-23-25-52-27-29-54-31-32-55-30-28-53-26-24-51-22-20-49-18-16-47-14-12-45-10-8-38-34(2)5-6-35(38)41;1-2/h5-6,33H,2-4,7-32H2,1H3;1-2H3. The van der Waals surface area contributed by atoms with Gasteiger partial charge in [-0.25, -0.2) is 4.79 Å². The molecule has 1 aliphatic heterocycles. The Bertz CT molecular complexity index is 1020. The fourth-order valence-corrected chi connectivity index (χ4v) is 4.19. The lowest BCUT2D eigenvalue weighted by Gasteiger charge is -2.16. The van der Waals surface area contributed by atoms with E-state index in [0.717, 1.165) is 0 Å². The molecule has 19 heteroatoms. The SMILES string of the molecule is C=C1C=CC(=O)N1CCOCCOCCOCCOCCOCCOCCOCCOCCOCCOCCOCCOCCC(=O)ON(C=O)C(=O)CCC.CC. The fraction of sp³-hybridized carbons (Fsp3) is 0.795. The second kappa shape index (κ2) is 43.7. The molecule has 0 unspecified atom stereocenters. The van der Waals surface area contributed by atoms with Crippen LogP contribution in [0.3, 0.4) is 0 Å². The number of nitrogens with zero attached hydrogens (tertiary/aromatic N) is 2. The summed E-state index contributed by atoms with van der Waals surface area (Å²) in [6, 6.07) is 0. The van der Waals surface area contributed by atoms with E-state index >= 15 is 0 Å². The maximum atomic E-state index is 11.7. The number of hydroxylamine groups is 2. The first kappa shape index (κ1) is 55.1. The van der Waals surface area contributed by atoms with Crippen LogP contribution in [0.4, 0.5) is 0 Å². The Hall–Kier alpha value is -2.92. The van der Waals surface area contributed by atoms with E-state index in [1.807, 2.05) is 13.8 Å². The quantitative estimate of drug-likeness (QED) is 0.0490. The maximum Gasteiger partial charge on any atom is 0.335 e. The zero-order valence-electron chi connectivity index (χ0n) is 35.1. The Morgan fingerprint density at radius 1 is 0.534 bits per heavy atom. The van der Waals surface area contributed by atoms with Gasteiger partial charge in [0.1, 0.15) is 0 Å². The van der Waals surface area contributed by atoms with E-state index in [1.165, 1.54) is 6.08 Å². The molecule has 0 aromatic rings. The van der Waals surface area contributed by atoms with E-state index in [0.29, 0.717) is 169 Å². The van der Waals surface area contributed by atoms with Gasteiger partial charge in [-0.1, -0.05) is 27.4 Å². The van der Waals surface area contributed by atoms with Crippen molar-refractivity contribution in [3.8, 4) is 0 Å². The second-order valence-corrected chi connectivity index (χ2v) is 11.5. The van der Waals surface area contributed by atoms with Gasteiger partial charge in [-0.15, -0.1) is 5.06 Å². The summed E-state index contributed by atoms with van der Waals surface area (Å²) in [6.07, 6.45) is 3.91. The van der Waals surface area contributed by atoms with Gasteiger partial charge in [-0.05, 0) is 12.5 Å². The van der Waals surface area contributed by atoms with E-state index in [9.17, 15) is 19.2 Å². The van der Waals surface area contributed by atoms with Crippen molar-refractivity contribution < 1.29 is 80.9 Å². The van der Waals surface area contributed by atoms with Crippen molar-refractivity contribution in [3.63, 3.8) is 0 Å². The molecule has 0 N–H and O–H groups in total. The molecule has 0 spiro atoms. The molecule has 0 saturated heterocycles. The Morgan fingerprint density at radius 3 is 1.12 bits per heavy atom. The monoisotopic (exact) mass is 838 g/mol. The lowest BCUT2D eigenvalue weighted by atomic mass is 10.3.